The van der Waals surface area contributed by atoms with Gasteiger partial charge in [-0.2, -0.15) is 30.9 Å². The zero-order chi connectivity index (χ0) is 53.9. The molecule has 0 saturated carbocycles. The first-order chi connectivity index (χ1) is 35.8. The van der Waals surface area contributed by atoms with Crippen molar-refractivity contribution in [2.45, 2.75) is 90.4 Å². The fourth-order valence-electron chi connectivity index (χ4n) is 7.81. The first-order valence-electron chi connectivity index (χ1n) is 24.1. The third-order valence-electron chi connectivity index (χ3n) is 11.8. The number of benzene rings is 1. The number of thiophene rings is 1. The van der Waals surface area contributed by atoms with Crippen LogP contribution >= 0.6 is 11.3 Å². The van der Waals surface area contributed by atoms with Crippen LogP contribution in [0.2, 0.25) is 0 Å². The van der Waals surface area contributed by atoms with Gasteiger partial charge in [0.25, 0.3) is 5.82 Å². The van der Waals surface area contributed by atoms with Gasteiger partial charge >= 0.3 is 43.8 Å². The Morgan fingerprint density at radius 2 is 1.32 bits per heavy atom. The molecule has 14 nitrogen and oxygen atoms in total. The summed E-state index contributed by atoms with van der Waals surface area (Å²) in [5.74, 6) is -5.63. The van der Waals surface area contributed by atoms with E-state index in [1.807, 2.05) is 30.3 Å². The number of carboxylic acid groups (broad SMARTS) is 2. The minimum atomic E-state index is -4.82. The maximum atomic E-state index is 13.2. The molecule has 0 aliphatic carbocycles. The van der Waals surface area contributed by atoms with E-state index in [1.165, 1.54) is 86.0 Å². The molecule has 8 rings (SSSR count). The predicted octanol–water partition coefficient (Wildman–Crippen LogP) is 12.5. The Morgan fingerprint density at radius 3 is 1.93 bits per heavy atom. The van der Waals surface area contributed by atoms with Crippen LogP contribution in [-0.4, -0.2) is 62.0 Å². The molecule has 22 heteroatoms. The molecule has 8 aromatic rings. The number of aromatic carboxylic acids is 2. The van der Waals surface area contributed by atoms with Crippen LogP contribution < -0.4 is 9.67 Å². The van der Waals surface area contributed by atoms with Crippen LogP contribution in [-0.2, 0) is 58.8 Å². The quantitative estimate of drug-likeness (QED) is 0.0338. The van der Waals surface area contributed by atoms with E-state index in [2.05, 4.69) is 78.3 Å². The van der Waals surface area contributed by atoms with Crippen LogP contribution in [0.15, 0.2) is 97.3 Å². The van der Waals surface area contributed by atoms with Crippen molar-refractivity contribution in [2.24, 2.45) is 14.1 Å². The molecule has 0 spiro atoms. The molecule has 0 aliphatic rings. The van der Waals surface area contributed by atoms with Gasteiger partial charge in [0.05, 0.1) is 28.2 Å². The molecule has 0 bridgehead atoms. The minimum absolute atomic E-state index is 0. The van der Waals surface area contributed by atoms with E-state index in [0.717, 1.165) is 52.8 Å². The molecule has 0 amide bonds. The Kier molecular flexibility index (Phi) is 19.8. The van der Waals surface area contributed by atoms with E-state index in [1.54, 1.807) is 41.4 Å². The number of aromatic nitrogens is 10. The Hall–Kier alpha value is -7.32. The standard InChI is InChI=1S/C30H29N3O4.C24H22F6N7S.Ru/c1-3-4-5-6-7-20-8-10-21(11-9-20)23-12-13-25(31-19-23)26-16-24(30(36)37)17-27(32-26)28-18-22(29(34)35)14-15-33(28)2;1-3-4-5-6-7-15-10-11-16(38-15)9-8-14-12-17(19-32-21(35-34-19)23(25,26)27)31-18(13-14)20-33-22(24(28,29)30)36-37(20)2;/h8-19H,3-7H2,1-2H3,(H-,34,35,36,37);8-13H,3-7H2,1-2H3;/q;-1;+1/p+1/b;9-8+;. The second-order valence-corrected chi connectivity index (χ2v) is 18.7. The summed E-state index contributed by atoms with van der Waals surface area (Å²) in [5.41, 5.74) is 5.51. The monoisotopic (exact) mass is 1150 g/mol. The van der Waals surface area contributed by atoms with Crippen molar-refractivity contribution in [3.05, 3.63) is 141 Å². The second-order valence-electron chi connectivity index (χ2n) is 17.5. The number of pyridine rings is 4. The van der Waals surface area contributed by atoms with E-state index in [0.29, 0.717) is 28.3 Å². The van der Waals surface area contributed by atoms with Crippen LogP contribution in [0.3, 0.4) is 0 Å². The van der Waals surface area contributed by atoms with Gasteiger partial charge in [-0.15, -0.1) is 16.4 Å². The van der Waals surface area contributed by atoms with Gasteiger partial charge in [0, 0.05) is 40.7 Å². The number of rotatable bonds is 19. The third-order valence-corrected chi connectivity index (χ3v) is 12.9. The van der Waals surface area contributed by atoms with Crippen LogP contribution in [0.5, 0.6) is 0 Å². The fraction of sp³-hybridized carbons (Fsp3) is 0.296. The minimum Gasteiger partial charge on any atom is -0.478 e. The van der Waals surface area contributed by atoms with Gasteiger partial charge in [-0.3, -0.25) is 10.1 Å². The topological polar surface area (TPSA) is 188 Å². The summed E-state index contributed by atoms with van der Waals surface area (Å²) < 4.78 is 81.1. The molecule has 7 heterocycles. The van der Waals surface area contributed by atoms with Gasteiger partial charge in [-0.05, 0) is 96.7 Å². The Balaban J connectivity index is 0.000000244. The molecule has 1 aromatic carbocycles. The van der Waals surface area contributed by atoms with Crippen LogP contribution in [0, 0.1) is 0 Å². The van der Waals surface area contributed by atoms with Crippen molar-refractivity contribution in [3.8, 4) is 56.9 Å². The van der Waals surface area contributed by atoms with Crippen molar-refractivity contribution < 1.29 is 70.2 Å². The van der Waals surface area contributed by atoms with Crippen LogP contribution in [0.25, 0.3) is 69.1 Å². The molecule has 397 valence electrons. The zero-order valence-corrected chi connectivity index (χ0v) is 44.2. The van der Waals surface area contributed by atoms with E-state index < -0.39 is 41.8 Å². The molecule has 0 atom stereocenters. The summed E-state index contributed by atoms with van der Waals surface area (Å²) in [6.07, 6.45) is 8.87. The number of nitrogens with zero attached hydrogens (tertiary/aromatic N) is 10. The fourth-order valence-corrected chi connectivity index (χ4v) is 8.76. The predicted molar refractivity (Wildman–Crippen MR) is 271 cm³/mol. The number of hydrogen-bond donors (Lipinski definition) is 2. The smallest absolute Gasteiger partial charge is 0.478 e. The van der Waals surface area contributed by atoms with Gasteiger partial charge in [0.2, 0.25) is 5.69 Å². The maximum absolute atomic E-state index is 13.2. The van der Waals surface area contributed by atoms with Crippen molar-refractivity contribution in [3.63, 3.8) is 0 Å². The molecule has 0 saturated heterocycles. The number of hydrogen-bond acceptors (Lipinski definition) is 10. The largest absolute Gasteiger partial charge is 1.00 e. The maximum Gasteiger partial charge on any atom is 1.00 e. The molecule has 1 radical (unpaired) electrons. The Morgan fingerprint density at radius 1 is 0.671 bits per heavy atom. The number of carboxylic acids is 2. The summed E-state index contributed by atoms with van der Waals surface area (Å²) in [6.45, 7) is 4.37. The molecular weight excluding hydrogens is 1100 g/mol. The second kappa shape index (κ2) is 26.0. The van der Waals surface area contributed by atoms with Gasteiger partial charge < -0.3 is 20.3 Å². The van der Waals surface area contributed by atoms with E-state index in [4.69, 9.17) is 0 Å². The van der Waals surface area contributed by atoms with Gasteiger partial charge in [-0.1, -0.05) is 88.8 Å². The van der Waals surface area contributed by atoms with Crippen LogP contribution in [0.4, 0.5) is 26.3 Å². The van der Waals surface area contributed by atoms with Crippen molar-refractivity contribution in [1.29, 1.82) is 0 Å². The summed E-state index contributed by atoms with van der Waals surface area (Å²) in [5, 5.41) is 29.0. The molecule has 0 aliphatic heterocycles. The number of aryl methyl sites for hydroxylation is 4. The molecule has 76 heavy (non-hydrogen) atoms. The molecule has 2 N–H and O–H groups in total. The SMILES string of the molecule is CCCCCCc1ccc(-c2ccc(-c3cc(C(=O)O)cc(-c4cc(C(=O)O)cc[n+]4C)n3)nc2)cc1.CCCCCCc1ccc(/C=C/c2cc(-c3nc(C(F)(F)F)n[n-]3)nc(-c3nc(C(F)(F)F)nn3C)c2)s1.[Ru+]. The van der Waals surface area contributed by atoms with Gasteiger partial charge in [0.15, 0.2) is 12.0 Å². The summed E-state index contributed by atoms with van der Waals surface area (Å²) in [4.78, 5) is 45.8. The van der Waals surface area contributed by atoms with E-state index >= 15 is 0 Å². The average Bonchev–Trinajstić information content (AvgIpc) is 4.17. The number of halogens is 6. The van der Waals surface area contributed by atoms with E-state index in [-0.39, 0.29) is 47.8 Å². The van der Waals surface area contributed by atoms with E-state index in [9.17, 15) is 46.1 Å². The molecule has 0 unspecified atom stereocenters. The van der Waals surface area contributed by atoms with Crippen molar-refractivity contribution in [2.75, 3.05) is 0 Å². The Labute approximate surface area is 450 Å². The first kappa shape index (κ1) is 58.0. The van der Waals surface area contributed by atoms with Crippen molar-refractivity contribution >= 4 is 35.4 Å². The molecule has 7 aromatic heterocycles. The van der Waals surface area contributed by atoms with Gasteiger partial charge in [0.1, 0.15) is 24.3 Å². The summed E-state index contributed by atoms with van der Waals surface area (Å²) in [6, 6.07) is 25.0. The number of carbonyl (C=O) groups is 2. The molecular formula is C54H52F6N10O4RuS+. The first-order valence-corrected chi connectivity index (χ1v) is 24.9. The average molecular weight is 1150 g/mol. The summed E-state index contributed by atoms with van der Waals surface area (Å²) in [7, 11) is 3.01. The normalized spacial score (nSPS) is 11.6. The van der Waals surface area contributed by atoms with Gasteiger partial charge in [-0.25, -0.2) is 29.2 Å². The zero-order valence-electron chi connectivity index (χ0n) is 41.7. The third kappa shape index (κ3) is 15.4. The molecule has 0 fully saturated rings. The number of alkyl halides is 6. The number of unbranched alkanes of at least 4 members (excludes halogenated alkanes) is 6. The Bertz CT molecular complexity index is 3280. The summed E-state index contributed by atoms with van der Waals surface area (Å²) >= 11 is 1.61. The van der Waals surface area contributed by atoms with Crippen molar-refractivity contribution in [1.82, 2.24) is 44.9 Å². The van der Waals surface area contributed by atoms with Crippen LogP contribution in [0.1, 0.15) is 118 Å².